The lowest BCUT2D eigenvalue weighted by molar-refractivity contribution is -0.174. The van der Waals surface area contributed by atoms with Crippen LogP contribution in [-0.4, -0.2) is 36.4 Å². The Labute approximate surface area is 111 Å². The Hall–Kier alpha value is -2.29. The predicted octanol–water partition coefficient (Wildman–Crippen LogP) is 1.48. The highest BCUT2D eigenvalue weighted by Crippen LogP contribution is 2.20. The molecule has 9 heteroatoms. The number of alkyl halides is 3. The quantitative estimate of drug-likeness (QED) is 0.713. The van der Waals surface area contributed by atoms with Crippen molar-refractivity contribution in [1.82, 2.24) is 0 Å². The zero-order valence-corrected chi connectivity index (χ0v) is 10.0. The molecule has 20 heavy (non-hydrogen) atoms. The number of nitrogens with two attached hydrogens (primary N) is 1. The van der Waals surface area contributed by atoms with Crippen molar-refractivity contribution in [1.29, 1.82) is 0 Å². The second-order valence-electron chi connectivity index (χ2n) is 3.76. The van der Waals surface area contributed by atoms with Gasteiger partial charge in [0.2, 0.25) is 5.91 Å². The van der Waals surface area contributed by atoms with Gasteiger partial charge in [0.05, 0.1) is 16.9 Å². The van der Waals surface area contributed by atoms with Gasteiger partial charge < -0.3 is 20.9 Å². The lowest BCUT2D eigenvalue weighted by Crippen LogP contribution is -2.24. The van der Waals surface area contributed by atoms with Gasteiger partial charge in [-0.15, -0.1) is 0 Å². The smallest absolute Gasteiger partial charge is 0.411 e. The lowest BCUT2D eigenvalue weighted by atomic mass is 10.2. The molecule has 4 N–H and O–H groups in total. The molecule has 0 aliphatic rings. The van der Waals surface area contributed by atoms with Crippen LogP contribution in [-0.2, 0) is 9.53 Å². The van der Waals surface area contributed by atoms with Crippen molar-refractivity contribution in [2.75, 3.05) is 24.3 Å². The minimum atomic E-state index is -4.51. The summed E-state index contributed by atoms with van der Waals surface area (Å²) in [5.41, 5.74) is 5.51. The summed E-state index contributed by atoms with van der Waals surface area (Å²) in [6.07, 6.45) is -4.51. The first-order valence-corrected chi connectivity index (χ1v) is 5.26. The highest BCUT2D eigenvalue weighted by atomic mass is 19.4. The Morgan fingerprint density at radius 2 is 2.00 bits per heavy atom. The second-order valence-corrected chi connectivity index (χ2v) is 3.76. The number of anilines is 2. The zero-order valence-electron chi connectivity index (χ0n) is 10.0. The SMILES string of the molecule is Nc1cc(C(=O)O)ccc1NC(=O)COCC(F)(F)F. The molecular weight excluding hydrogens is 281 g/mol. The first-order valence-electron chi connectivity index (χ1n) is 5.26. The summed E-state index contributed by atoms with van der Waals surface area (Å²) >= 11 is 0. The summed E-state index contributed by atoms with van der Waals surface area (Å²) in [6.45, 7) is -2.33. The number of ether oxygens (including phenoxy) is 1. The first kappa shape index (κ1) is 15.8. The topological polar surface area (TPSA) is 102 Å². The molecule has 0 unspecified atom stereocenters. The molecule has 1 rings (SSSR count). The Bertz CT molecular complexity index is 517. The fraction of sp³-hybridized carbons (Fsp3) is 0.273. The maximum atomic E-state index is 11.8. The van der Waals surface area contributed by atoms with Gasteiger partial charge in [-0.3, -0.25) is 4.79 Å². The molecule has 1 aromatic rings. The molecule has 0 bridgehead atoms. The molecule has 0 radical (unpaired) electrons. The van der Waals surface area contributed by atoms with Gasteiger partial charge in [0.25, 0.3) is 0 Å². The first-order chi connectivity index (χ1) is 9.19. The molecule has 1 amide bonds. The molecule has 0 saturated carbocycles. The largest absolute Gasteiger partial charge is 0.478 e. The Morgan fingerprint density at radius 1 is 1.35 bits per heavy atom. The van der Waals surface area contributed by atoms with E-state index in [1.807, 2.05) is 0 Å². The number of nitrogen functional groups attached to an aromatic ring is 1. The maximum Gasteiger partial charge on any atom is 0.411 e. The van der Waals surface area contributed by atoms with Gasteiger partial charge in [0, 0.05) is 0 Å². The number of halogens is 3. The molecule has 0 aliphatic heterocycles. The van der Waals surface area contributed by atoms with Crippen LogP contribution in [0.15, 0.2) is 18.2 Å². The zero-order chi connectivity index (χ0) is 15.3. The summed E-state index contributed by atoms with van der Waals surface area (Å²) in [5.74, 6) is -2.02. The molecule has 0 aliphatic carbocycles. The average molecular weight is 292 g/mol. The fourth-order valence-electron chi connectivity index (χ4n) is 1.26. The third kappa shape index (κ3) is 5.14. The Kier molecular flexibility index (Phi) is 4.92. The molecule has 0 heterocycles. The van der Waals surface area contributed by atoms with Gasteiger partial charge in [-0.1, -0.05) is 0 Å². The van der Waals surface area contributed by atoms with Gasteiger partial charge in [0.15, 0.2) is 0 Å². The number of carbonyl (C=O) groups excluding carboxylic acids is 1. The van der Waals surface area contributed by atoms with Gasteiger partial charge in [-0.05, 0) is 18.2 Å². The third-order valence-electron chi connectivity index (χ3n) is 2.07. The van der Waals surface area contributed by atoms with E-state index in [-0.39, 0.29) is 16.9 Å². The second kappa shape index (κ2) is 6.24. The van der Waals surface area contributed by atoms with Crippen LogP contribution in [0.5, 0.6) is 0 Å². The van der Waals surface area contributed by atoms with Crippen LogP contribution in [0.2, 0.25) is 0 Å². The van der Waals surface area contributed by atoms with Crippen molar-refractivity contribution < 1.29 is 32.6 Å². The molecule has 110 valence electrons. The number of carboxylic acid groups (broad SMARTS) is 1. The number of benzene rings is 1. The van der Waals surface area contributed by atoms with Crippen LogP contribution in [0.3, 0.4) is 0 Å². The standard InChI is InChI=1S/C11H11F3N2O4/c12-11(13,14)5-20-4-9(17)16-8-2-1-6(10(18)19)3-7(8)15/h1-3H,4-5,15H2,(H,16,17)(H,18,19). The number of rotatable bonds is 5. The molecule has 0 saturated heterocycles. The van der Waals surface area contributed by atoms with E-state index in [0.717, 1.165) is 6.07 Å². The van der Waals surface area contributed by atoms with Crippen molar-refractivity contribution in [2.24, 2.45) is 0 Å². The van der Waals surface area contributed by atoms with Crippen molar-refractivity contribution in [2.45, 2.75) is 6.18 Å². The van der Waals surface area contributed by atoms with E-state index in [4.69, 9.17) is 10.8 Å². The van der Waals surface area contributed by atoms with Crippen LogP contribution in [0.25, 0.3) is 0 Å². The highest BCUT2D eigenvalue weighted by molar-refractivity contribution is 5.96. The lowest BCUT2D eigenvalue weighted by Gasteiger charge is -2.10. The van der Waals surface area contributed by atoms with Gasteiger partial charge in [0.1, 0.15) is 13.2 Å². The number of hydrogen-bond acceptors (Lipinski definition) is 4. The van der Waals surface area contributed by atoms with Crippen molar-refractivity contribution in [3.8, 4) is 0 Å². The number of hydrogen-bond donors (Lipinski definition) is 3. The van der Waals surface area contributed by atoms with Crippen molar-refractivity contribution in [3.05, 3.63) is 23.8 Å². The third-order valence-corrected chi connectivity index (χ3v) is 2.07. The van der Waals surface area contributed by atoms with Crippen molar-refractivity contribution in [3.63, 3.8) is 0 Å². The van der Waals surface area contributed by atoms with Gasteiger partial charge >= 0.3 is 12.1 Å². The summed E-state index contributed by atoms with van der Waals surface area (Å²) in [7, 11) is 0. The summed E-state index contributed by atoms with van der Waals surface area (Å²) in [6, 6.07) is 3.56. The van der Waals surface area contributed by atoms with E-state index < -0.39 is 31.3 Å². The Balaban J connectivity index is 2.56. The molecule has 0 spiro atoms. The van der Waals surface area contributed by atoms with Crippen LogP contribution < -0.4 is 11.1 Å². The predicted molar refractivity (Wildman–Crippen MR) is 63.3 cm³/mol. The fourth-order valence-corrected chi connectivity index (χ4v) is 1.26. The molecule has 1 aromatic carbocycles. The van der Waals surface area contributed by atoms with E-state index in [2.05, 4.69) is 10.1 Å². The van der Waals surface area contributed by atoms with Crippen LogP contribution in [0.4, 0.5) is 24.5 Å². The van der Waals surface area contributed by atoms with E-state index in [1.165, 1.54) is 12.1 Å². The monoisotopic (exact) mass is 292 g/mol. The number of aromatic carboxylic acids is 1. The van der Waals surface area contributed by atoms with E-state index in [0.29, 0.717) is 0 Å². The van der Waals surface area contributed by atoms with Crippen molar-refractivity contribution >= 4 is 23.3 Å². The van der Waals surface area contributed by atoms with Gasteiger partial charge in [-0.2, -0.15) is 13.2 Å². The minimum Gasteiger partial charge on any atom is -0.478 e. The van der Waals surface area contributed by atoms with Crippen LogP contribution >= 0.6 is 0 Å². The summed E-state index contributed by atoms with van der Waals surface area (Å²) in [4.78, 5) is 21.9. The summed E-state index contributed by atoms with van der Waals surface area (Å²) < 4.78 is 39.5. The van der Waals surface area contributed by atoms with Gasteiger partial charge in [-0.25, -0.2) is 4.79 Å². The molecular formula is C11H11F3N2O4. The normalized spacial score (nSPS) is 11.2. The number of carbonyl (C=O) groups is 2. The molecule has 0 aromatic heterocycles. The number of nitrogens with one attached hydrogen (secondary N) is 1. The van der Waals surface area contributed by atoms with E-state index >= 15 is 0 Å². The molecule has 6 nitrogen and oxygen atoms in total. The van der Waals surface area contributed by atoms with E-state index in [1.54, 1.807) is 0 Å². The number of carboxylic acids is 1. The van der Waals surface area contributed by atoms with Crippen LogP contribution in [0.1, 0.15) is 10.4 Å². The molecule has 0 atom stereocenters. The minimum absolute atomic E-state index is 0.0194. The average Bonchev–Trinajstić information content (AvgIpc) is 2.29. The number of amides is 1. The maximum absolute atomic E-state index is 11.8. The highest BCUT2D eigenvalue weighted by Gasteiger charge is 2.27. The summed E-state index contributed by atoms with van der Waals surface area (Å²) in [5, 5.41) is 10.9. The van der Waals surface area contributed by atoms with Crippen LogP contribution in [0, 0.1) is 0 Å². The Morgan fingerprint density at radius 3 is 2.50 bits per heavy atom. The van der Waals surface area contributed by atoms with E-state index in [9.17, 15) is 22.8 Å². The molecule has 0 fully saturated rings.